The summed E-state index contributed by atoms with van der Waals surface area (Å²) in [6, 6.07) is 19.8. The number of halogens is 1. The fourth-order valence-corrected chi connectivity index (χ4v) is 3.78. The SMILES string of the molecule is COC(=O)C(Cl)(c1cc2ccccc2[nH]1)C(C)c1cc2ccccc2[nH]1. The first kappa shape index (κ1) is 16.7. The Labute approximate surface area is 156 Å². The van der Waals surface area contributed by atoms with Crippen molar-refractivity contribution in [3.63, 3.8) is 0 Å². The lowest BCUT2D eigenvalue weighted by molar-refractivity contribution is -0.145. The molecule has 4 nitrogen and oxygen atoms in total. The molecular formula is C21H19ClN2O2. The Morgan fingerprint density at radius 1 is 1.00 bits per heavy atom. The van der Waals surface area contributed by atoms with E-state index in [0.717, 1.165) is 27.5 Å². The molecule has 0 aliphatic rings. The quantitative estimate of drug-likeness (QED) is 0.391. The number of esters is 1. The molecule has 0 aliphatic heterocycles. The highest BCUT2D eigenvalue weighted by Crippen LogP contribution is 2.44. The van der Waals surface area contributed by atoms with Crippen LogP contribution in [0.2, 0.25) is 0 Å². The van der Waals surface area contributed by atoms with Crippen molar-refractivity contribution < 1.29 is 9.53 Å². The molecular weight excluding hydrogens is 348 g/mol. The molecule has 2 atom stereocenters. The predicted octanol–water partition coefficient (Wildman–Crippen LogP) is 5.06. The van der Waals surface area contributed by atoms with Gasteiger partial charge >= 0.3 is 5.97 Å². The van der Waals surface area contributed by atoms with Crippen molar-refractivity contribution in [1.29, 1.82) is 0 Å². The first-order chi connectivity index (χ1) is 12.5. The van der Waals surface area contributed by atoms with Gasteiger partial charge in [0.05, 0.1) is 7.11 Å². The lowest BCUT2D eigenvalue weighted by Gasteiger charge is -2.29. The van der Waals surface area contributed by atoms with Gasteiger partial charge in [0, 0.05) is 28.3 Å². The number of para-hydroxylation sites is 2. The summed E-state index contributed by atoms with van der Waals surface area (Å²) in [5.41, 5.74) is 3.44. The first-order valence-corrected chi connectivity index (χ1v) is 8.85. The van der Waals surface area contributed by atoms with Gasteiger partial charge in [0.15, 0.2) is 4.87 Å². The Kier molecular flexibility index (Phi) is 4.00. The standard InChI is InChI=1S/C21H19ClN2O2/c1-13(18-11-14-7-3-5-9-16(14)23-18)21(22,20(25)26-2)19-12-15-8-4-6-10-17(15)24-19/h3-13,23-24H,1-2H3. The van der Waals surface area contributed by atoms with E-state index in [-0.39, 0.29) is 5.92 Å². The van der Waals surface area contributed by atoms with E-state index in [2.05, 4.69) is 9.97 Å². The largest absolute Gasteiger partial charge is 0.467 e. The molecule has 0 fully saturated rings. The van der Waals surface area contributed by atoms with Crippen LogP contribution in [0.5, 0.6) is 0 Å². The number of methoxy groups -OCH3 is 1. The van der Waals surface area contributed by atoms with Crippen LogP contribution < -0.4 is 0 Å². The summed E-state index contributed by atoms with van der Waals surface area (Å²) in [5, 5.41) is 2.08. The maximum Gasteiger partial charge on any atom is 0.333 e. The Hall–Kier alpha value is -2.72. The molecule has 0 spiro atoms. The number of H-pyrrole nitrogens is 2. The van der Waals surface area contributed by atoms with Gasteiger partial charge in [-0.3, -0.25) is 0 Å². The number of carbonyl (C=O) groups is 1. The Morgan fingerprint density at radius 3 is 2.15 bits per heavy atom. The zero-order valence-corrected chi connectivity index (χ0v) is 15.3. The van der Waals surface area contributed by atoms with Crippen molar-refractivity contribution in [3.8, 4) is 0 Å². The van der Waals surface area contributed by atoms with Crippen LogP contribution >= 0.6 is 11.6 Å². The van der Waals surface area contributed by atoms with Gasteiger partial charge in [-0.05, 0) is 35.0 Å². The van der Waals surface area contributed by atoms with Crippen LogP contribution in [0.25, 0.3) is 21.8 Å². The average Bonchev–Trinajstić information content (AvgIpc) is 3.30. The second-order valence-electron chi connectivity index (χ2n) is 6.51. The number of alkyl halides is 1. The van der Waals surface area contributed by atoms with Crippen molar-refractivity contribution in [3.05, 3.63) is 72.1 Å². The van der Waals surface area contributed by atoms with Crippen LogP contribution in [-0.2, 0) is 14.4 Å². The molecule has 0 saturated carbocycles. The van der Waals surface area contributed by atoms with Crippen LogP contribution in [0.15, 0.2) is 60.7 Å². The summed E-state index contributed by atoms with van der Waals surface area (Å²) >= 11 is 6.97. The van der Waals surface area contributed by atoms with Crippen LogP contribution in [0.1, 0.15) is 24.2 Å². The number of fused-ring (bicyclic) bond motifs is 2. The van der Waals surface area contributed by atoms with E-state index < -0.39 is 10.8 Å². The Balaban J connectivity index is 1.86. The summed E-state index contributed by atoms with van der Waals surface area (Å²) in [5.74, 6) is -0.825. The smallest absolute Gasteiger partial charge is 0.333 e. The van der Waals surface area contributed by atoms with E-state index >= 15 is 0 Å². The van der Waals surface area contributed by atoms with Crippen LogP contribution in [0, 0.1) is 0 Å². The molecule has 2 heterocycles. The predicted molar refractivity (Wildman–Crippen MR) is 105 cm³/mol. The molecule has 132 valence electrons. The molecule has 2 aromatic heterocycles. The minimum atomic E-state index is -1.37. The molecule has 4 rings (SSSR count). The fourth-order valence-electron chi connectivity index (χ4n) is 3.48. The molecule has 26 heavy (non-hydrogen) atoms. The lowest BCUT2D eigenvalue weighted by atomic mass is 9.87. The molecule has 2 N–H and O–H groups in total. The zero-order chi connectivity index (χ0) is 18.3. The molecule has 5 heteroatoms. The van der Waals surface area contributed by atoms with Crippen LogP contribution in [0.4, 0.5) is 0 Å². The van der Waals surface area contributed by atoms with E-state index in [4.69, 9.17) is 16.3 Å². The molecule has 0 bridgehead atoms. The lowest BCUT2D eigenvalue weighted by Crippen LogP contribution is -2.37. The molecule has 0 radical (unpaired) electrons. The van der Waals surface area contributed by atoms with E-state index in [9.17, 15) is 4.79 Å². The van der Waals surface area contributed by atoms with Gasteiger partial charge in [-0.25, -0.2) is 4.79 Å². The van der Waals surface area contributed by atoms with E-state index in [1.807, 2.05) is 67.6 Å². The summed E-state index contributed by atoms with van der Waals surface area (Å²) in [6.07, 6.45) is 0. The second-order valence-corrected chi connectivity index (χ2v) is 7.10. The molecule has 2 aromatic carbocycles. The van der Waals surface area contributed by atoms with Crippen LogP contribution in [-0.4, -0.2) is 23.0 Å². The number of benzene rings is 2. The minimum Gasteiger partial charge on any atom is -0.467 e. The molecule has 0 amide bonds. The van der Waals surface area contributed by atoms with Crippen LogP contribution in [0.3, 0.4) is 0 Å². The normalized spacial score (nSPS) is 15.0. The van der Waals surface area contributed by atoms with Gasteiger partial charge in [0.1, 0.15) is 0 Å². The molecule has 2 unspecified atom stereocenters. The Bertz CT molecular complexity index is 1030. The number of aromatic nitrogens is 2. The number of carbonyl (C=O) groups excluding carboxylic acids is 1. The monoisotopic (exact) mass is 366 g/mol. The summed E-state index contributed by atoms with van der Waals surface area (Å²) in [6.45, 7) is 1.93. The molecule has 0 saturated heterocycles. The van der Waals surface area contributed by atoms with Crippen molar-refractivity contribution in [2.45, 2.75) is 17.7 Å². The van der Waals surface area contributed by atoms with E-state index in [0.29, 0.717) is 5.69 Å². The highest BCUT2D eigenvalue weighted by atomic mass is 35.5. The molecule has 0 aliphatic carbocycles. The molecule has 4 aromatic rings. The zero-order valence-electron chi connectivity index (χ0n) is 14.5. The number of nitrogens with one attached hydrogen (secondary N) is 2. The van der Waals surface area contributed by atoms with Crippen molar-refractivity contribution in [2.24, 2.45) is 0 Å². The van der Waals surface area contributed by atoms with Gasteiger partial charge < -0.3 is 14.7 Å². The highest BCUT2D eigenvalue weighted by molar-refractivity contribution is 6.34. The van der Waals surface area contributed by atoms with Crippen molar-refractivity contribution in [1.82, 2.24) is 9.97 Å². The summed E-state index contributed by atoms with van der Waals surface area (Å²) in [4.78, 5) is 18.1. The number of rotatable bonds is 4. The van der Waals surface area contributed by atoms with Gasteiger partial charge in [0.2, 0.25) is 0 Å². The maximum absolute atomic E-state index is 12.8. The second kappa shape index (κ2) is 6.22. The number of ether oxygens (including phenoxy) is 1. The van der Waals surface area contributed by atoms with Crippen molar-refractivity contribution in [2.75, 3.05) is 7.11 Å². The van der Waals surface area contributed by atoms with Gasteiger partial charge in [-0.1, -0.05) is 54.9 Å². The summed E-state index contributed by atoms with van der Waals surface area (Å²) < 4.78 is 5.08. The first-order valence-electron chi connectivity index (χ1n) is 8.47. The van der Waals surface area contributed by atoms with Gasteiger partial charge in [0.25, 0.3) is 0 Å². The van der Waals surface area contributed by atoms with E-state index in [1.165, 1.54) is 7.11 Å². The Morgan fingerprint density at radius 2 is 1.58 bits per heavy atom. The number of hydrogen-bond donors (Lipinski definition) is 2. The van der Waals surface area contributed by atoms with Gasteiger partial charge in [-0.2, -0.15) is 0 Å². The van der Waals surface area contributed by atoms with Gasteiger partial charge in [-0.15, -0.1) is 0 Å². The number of aromatic amines is 2. The van der Waals surface area contributed by atoms with Crippen molar-refractivity contribution >= 4 is 39.4 Å². The minimum absolute atomic E-state index is 0.336. The van der Waals surface area contributed by atoms with E-state index in [1.54, 1.807) is 0 Å². The third-order valence-electron chi connectivity index (χ3n) is 5.02. The fraction of sp³-hybridized carbons (Fsp3) is 0.190. The topological polar surface area (TPSA) is 57.9 Å². The third-order valence-corrected chi connectivity index (χ3v) is 5.70. The maximum atomic E-state index is 12.8. The highest BCUT2D eigenvalue weighted by Gasteiger charge is 2.47. The summed E-state index contributed by atoms with van der Waals surface area (Å²) in [7, 11) is 1.36. The number of hydrogen-bond acceptors (Lipinski definition) is 2. The average molecular weight is 367 g/mol. The third kappa shape index (κ3) is 2.49.